The van der Waals surface area contributed by atoms with Gasteiger partial charge < -0.3 is 15.4 Å². The molecule has 0 aliphatic carbocycles. The Labute approximate surface area is 196 Å². The molecule has 0 aliphatic rings. The predicted octanol–water partition coefficient (Wildman–Crippen LogP) is 4.30. The number of carboxylic acid groups (broad SMARTS) is 1. The third-order valence-corrected chi connectivity index (χ3v) is 6.48. The summed E-state index contributed by atoms with van der Waals surface area (Å²) < 4.78 is 5.36. The fourth-order valence-corrected chi connectivity index (χ4v) is 4.97. The SMILES string of the molecule is Cc1cccc2c1c(Cn1c(=O)n([C@H](CC(=O)O)c3ccccc3)c3ccc(N)cc31)cn2C. The number of nitrogens with two attached hydrogens (primary N) is 1. The molecule has 0 radical (unpaired) electrons. The molecule has 3 aromatic carbocycles. The number of nitrogen functional groups attached to an aromatic ring is 1. The van der Waals surface area contributed by atoms with Gasteiger partial charge in [0.05, 0.1) is 30.0 Å². The number of aliphatic carboxylic acids is 1. The number of hydrogen-bond donors (Lipinski definition) is 2. The summed E-state index contributed by atoms with van der Waals surface area (Å²) >= 11 is 0. The molecule has 0 fully saturated rings. The van der Waals surface area contributed by atoms with Crippen molar-refractivity contribution in [2.45, 2.75) is 25.9 Å². The molecular formula is C27H26N4O3. The molecule has 2 heterocycles. The molecule has 0 spiro atoms. The summed E-state index contributed by atoms with van der Waals surface area (Å²) in [4.78, 5) is 25.7. The number of carboxylic acids is 1. The van der Waals surface area contributed by atoms with Crippen molar-refractivity contribution in [2.75, 3.05) is 5.73 Å². The Morgan fingerprint density at radius 3 is 2.50 bits per heavy atom. The number of hydrogen-bond acceptors (Lipinski definition) is 3. The van der Waals surface area contributed by atoms with Gasteiger partial charge >= 0.3 is 11.7 Å². The van der Waals surface area contributed by atoms with Gasteiger partial charge in [-0.1, -0.05) is 42.5 Å². The van der Waals surface area contributed by atoms with Crippen LogP contribution in [0.3, 0.4) is 0 Å². The van der Waals surface area contributed by atoms with E-state index in [9.17, 15) is 14.7 Å². The summed E-state index contributed by atoms with van der Waals surface area (Å²) in [6.45, 7) is 2.41. The molecule has 0 bridgehead atoms. The second kappa shape index (κ2) is 8.26. The van der Waals surface area contributed by atoms with Crippen molar-refractivity contribution in [1.82, 2.24) is 13.7 Å². The number of carbonyl (C=O) groups is 1. The molecule has 0 saturated carbocycles. The van der Waals surface area contributed by atoms with Crippen LogP contribution in [0.15, 0.2) is 77.7 Å². The molecule has 5 aromatic rings. The van der Waals surface area contributed by atoms with Crippen molar-refractivity contribution >= 4 is 33.6 Å². The highest BCUT2D eigenvalue weighted by atomic mass is 16.4. The molecule has 5 rings (SSSR count). The van der Waals surface area contributed by atoms with Crippen LogP contribution >= 0.6 is 0 Å². The van der Waals surface area contributed by atoms with Crippen molar-refractivity contribution in [3.05, 3.63) is 100 Å². The Kier molecular flexibility index (Phi) is 5.24. The Morgan fingerprint density at radius 2 is 1.76 bits per heavy atom. The van der Waals surface area contributed by atoms with E-state index >= 15 is 0 Å². The van der Waals surface area contributed by atoms with E-state index < -0.39 is 12.0 Å². The zero-order valence-corrected chi connectivity index (χ0v) is 19.1. The number of benzene rings is 3. The lowest BCUT2D eigenvalue weighted by Crippen LogP contribution is -2.29. The van der Waals surface area contributed by atoms with Crippen LogP contribution in [-0.4, -0.2) is 24.8 Å². The van der Waals surface area contributed by atoms with Crippen LogP contribution < -0.4 is 11.4 Å². The number of aromatic nitrogens is 3. The Bertz CT molecular complexity index is 1590. The maximum Gasteiger partial charge on any atom is 0.330 e. The lowest BCUT2D eigenvalue weighted by molar-refractivity contribution is -0.137. The van der Waals surface area contributed by atoms with E-state index in [-0.39, 0.29) is 12.1 Å². The largest absolute Gasteiger partial charge is 0.481 e. The van der Waals surface area contributed by atoms with E-state index in [0.717, 1.165) is 27.6 Å². The van der Waals surface area contributed by atoms with Gasteiger partial charge in [-0.25, -0.2) is 4.79 Å². The standard InChI is InChI=1S/C27H26N4O3/c1-17-7-6-10-22-26(17)19(15-29(22)2)16-30-24-13-20(28)11-12-21(24)31(27(30)34)23(14-25(32)33)18-8-4-3-5-9-18/h3-13,15,23H,14,16,28H2,1-2H3,(H,32,33)/t23-/m1/s1. The molecule has 7 heteroatoms. The van der Waals surface area contributed by atoms with Gasteiger partial charge in [0.15, 0.2) is 0 Å². The predicted molar refractivity (Wildman–Crippen MR) is 134 cm³/mol. The fourth-order valence-electron chi connectivity index (χ4n) is 4.97. The molecular weight excluding hydrogens is 428 g/mol. The minimum atomic E-state index is -0.971. The number of fused-ring (bicyclic) bond motifs is 2. The van der Waals surface area contributed by atoms with E-state index in [0.29, 0.717) is 23.3 Å². The normalized spacial score (nSPS) is 12.4. The van der Waals surface area contributed by atoms with Crippen LogP contribution in [-0.2, 0) is 18.4 Å². The van der Waals surface area contributed by atoms with Crippen LogP contribution in [0.5, 0.6) is 0 Å². The third kappa shape index (κ3) is 3.55. The van der Waals surface area contributed by atoms with E-state index in [1.165, 1.54) is 0 Å². The minimum absolute atomic E-state index is 0.208. The van der Waals surface area contributed by atoms with Gasteiger partial charge in [-0.2, -0.15) is 0 Å². The second-order valence-electron chi connectivity index (χ2n) is 8.75. The molecule has 0 saturated heterocycles. The first-order chi connectivity index (χ1) is 16.3. The lowest BCUT2D eigenvalue weighted by Gasteiger charge is -2.17. The topological polar surface area (TPSA) is 95.2 Å². The number of imidazole rings is 1. The summed E-state index contributed by atoms with van der Waals surface area (Å²) in [5.41, 5.74) is 11.8. The van der Waals surface area contributed by atoms with Crippen molar-refractivity contribution in [3.8, 4) is 0 Å². The summed E-state index contributed by atoms with van der Waals surface area (Å²) in [5.74, 6) is -0.971. The van der Waals surface area contributed by atoms with Gasteiger partial charge in [-0.05, 0) is 47.9 Å². The van der Waals surface area contributed by atoms with Crippen LogP contribution in [0.2, 0.25) is 0 Å². The van der Waals surface area contributed by atoms with Gasteiger partial charge in [-0.3, -0.25) is 13.9 Å². The maximum atomic E-state index is 13.9. The summed E-state index contributed by atoms with van der Waals surface area (Å²) in [6.07, 6.45) is 1.84. The minimum Gasteiger partial charge on any atom is -0.481 e. The fraction of sp³-hybridized carbons (Fsp3) is 0.185. The van der Waals surface area contributed by atoms with Crippen LogP contribution in [0.4, 0.5) is 5.69 Å². The van der Waals surface area contributed by atoms with Crippen molar-refractivity contribution < 1.29 is 9.90 Å². The number of anilines is 1. The molecule has 3 N–H and O–H groups in total. The molecule has 1 atom stereocenters. The van der Waals surface area contributed by atoms with Gasteiger partial charge in [0, 0.05) is 29.8 Å². The summed E-state index contributed by atoms with van der Waals surface area (Å²) in [7, 11) is 1.99. The Balaban J connectivity index is 1.75. The van der Waals surface area contributed by atoms with E-state index in [1.807, 2.05) is 49.6 Å². The third-order valence-electron chi connectivity index (χ3n) is 6.48. The van der Waals surface area contributed by atoms with E-state index in [4.69, 9.17) is 5.73 Å². The highest BCUT2D eigenvalue weighted by molar-refractivity contribution is 5.87. The zero-order chi connectivity index (χ0) is 24.0. The molecule has 34 heavy (non-hydrogen) atoms. The quantitative estimate of drug-likeness (QED) is 0.374. The number of nitrogens with zero attached hydrogens (tertiary/aromatic N) is 3. The molecule has 2 aromatic heterocycles. The Hall–Kier alpha value is -4.26. The zero-order valence-electron chi connectivity index (χ0n) is 19.1. The van der Waals surface area contributed by atoms with Crippen LogP contribution in [0, 0.1) is 6.92 Å². The van der Waals surface area contributed by atoms with Gasteiger partial charge in [-0.15, -0.1) is 0 Å². The second-order valence-corrected chi connectivity index (χ2v) is 8.75. The first kappa shape index (κ1) is 21.6. The number of aryl methyl sites for hydroxylation is 2. The first-order valence-corrected chi connectivity index (χ1v) is 11.2. The molecule has 7 nitrogen and oxygen atoms in total. The van der Waals surface area contributed by atoms with E-state index in [2.05, 4.69) is 23.6 Å². The van der Waals surface area contributed by atoms with E-state index in [1.54, 1.807) is 27.3 Å². The monoisotopic (exact) mass is 454 g/mol. The molecule has 0 unspecified atom stereocenters. The maximum absolute atomic E-state index is 13.9. The Morgan fingerprint density at radius 1 is 1.00 bits per heavy atom. The highest BCUT2D eigenvalue weighted by Gasteiger charge is 2.25. The summed E-state index contributed by atoms with van der Waals surface area (Å²) in [6, 6.07) is 20.1. The number of rotatable bonds is 6. The highest BCUT2D eigenvalue weighted by Crippen LogP contribution is 2.29. The molecule has 172 valence electrons. The average molecular weight is 455 g/mol. The summed E-state index contributed by atoms with van der Waals surface area (Å²) in [5, 5.41) is 10.8. The lowest BCUT2D eigenvalue weighted by atomic mass is 10.0. The van der Waals surface area contributed by atoms with Crippen molar-refractivity contribution in [3.63, 3.8) is 0 Å². The average Bonchev–Trinajstić information content (AvgIpc) is 3.27. The molecule has 0 amide bonds. The van der Waals surface area contributed by atoms with Gasteiger partial charge in [0.2, 0.25) is 0 Å². The van der Waals surface area contributed by atoms with Crippen LogP contribution in [0.1, 0.15) is 29.2 Å². The van der Waals surface area contributed by atoms with Crippen LogP contribution in [0.25, 0.3) is 21.9 Å². The van der Waals surface area contributed by atoms with Gasteiger partial charge in [0.1, 0.15) is 0 Å². The first-order valence-electron chi connectivity index (χ1n) is 11.2. The van der Waals surface area contributed by atoms with Gasteiger partial charge in [0.25, 0.3) is 0 Å². The van der Waals surface area contributed by atoms with Crippen molar-refractivity contribution in [1.29, 1.82) is 0 Å². The molecule has 0 aliphatic heterocycles. The smallest absolute Gasteiger partial charge is 0.330 e. The van der Waals surface area contributed by atoms with Crippen molar-refractivity contribution in [2.24, 2.45) is 7.05 Å².